The standard InChI is InChI=1S/C87H114BrN15O22S/c1-57(2)124-40-10-32-98(80(113)53-101(36-29-93-59(4)105)82(115)55-102(48-61-13-20-66(122-6)21-14-61)83(116)54-100(35-28-92-58(3)104)77(110)47-91-27-34-95-37-41-123-42-38-95)50-79(112)97(31-9-39-121-5)51-81(114)99(33-25-60-11-15-62(88)16-12-60)52-78(111)96(30-8-7-26-89)49-75(108)94-71(85(90)117)56-126-74-46-76(109)103(86(74)118)63-17-22-67(70(43-63)87(119)120)84-68-23-18-64(106)44-72(68)125-73-45-65(107)19-24-69(73)84/h11-24,43-45,57,71,74,91,106H,7-10,25-42,46-56,89H2,1-6H3,(H2,90,117)(H,92,104)(H,93,105)(H,94,108)(H,119,120)/t71-,74?/m0/s1. The molecule has 13 amide bonds. The number of halogens is 1. The van der Waals surface area contributed by atoms with E-state index in [-0.39, 0.29) is 163 Å². The minimum absolute atomic E-state index is 0.00344. The third-order valence-electron chi connectivity index (χ3n) is 20.7. The first-order valence-corrected chi connectivity index (χ1v) is 43.4. The van der Waals surface area contributed by atoms with Gasteiger partial charge in [-0.2, -0.15) is 0 Å². The van der Waals surface area contributed by atoms with Crippen molar-refractivity contribution in [1.29, 1.82) is 0 Å². The van der Waals surface area contributed by atoms with Gasteiger partial charge in [0.15, 0.2) is 5.43 Å². The second kappa shape index (κ2) is 50.6. The Morgan fingerprint density at radius 2 is 1.17 bits per heavy atom. The van der Waals surface area contributed by atoms with Gasteiger partial charge in [0.05, 0.1) is 88.7 Å². The van der Waals surface area contributed by atoms with Crippen molar-refractivity contribution >= 4 is 127 Å². The molecule has 0 spiro atoms. The minimum atomic E-state index is -1.49. The van der Waals surface area contributed by atoms with E-state index in [1.165, 1.54) is 106 Å². The summed E-state index contributed by atoms with van der Waals surface area (Å²) in [4.78, 5) is 221. The first kappa shape index (κ1) is 100.0. The van der Waals surface area contributed by atoms with Gasteiger partial charge in [0.2, 0.25) is 76.8 Å². The van der Waals surface area contributed by atoms with Crippen molar-refractivity contribution < 1.29 is 101 Å². The summed E-state index contributed by atoms with van der Waals surface area (Å²) in [6.45, 7) is 4.68. The van der Waals surface area contributed by atoms with Crippen molar-refractivity contribution in [3.05, 3.63) is 135 Å². The number of carbonyl (C=O) groups excluding carboxylic acids is 13. The lowest BCUT2D eigenvalue weighted by Crippen LogP contribution is -2.54. The predicted molar refractivity (Wildman–Crippen MR) is 471 cm³/mol. The number of primary amides is 1. The van der Waals surface area contributed by atoms with Crippen LogP contribution in [0.4, 0.5) is 5.69 Å². The molecule has 4 aromatic carbocycles. The van der Waals surface area contributed by atoms with Crippen LogP contribution >= 0.6 is 27.7 Å². The smallest absolute Gasteiger partial charge is 0.336 e. The average Bonchev–Trinajstić information content (AvgIpc) is 1.00. The van der Waals surface area contributed by atoms with E-state index in [4.69, 9.17) is 34.8 Å². The normalized spacial score (nSPS) is 13.6. The molecule has 0 bridgehead atoms. The number of nitrogens with one attached hydrogen (secondary N) is 4. The highest BCUT2D eigenvalue weighted by atomic mass is 79.9. The molecule has 39 heteroatoms. The molecule has 4 aromatic rings. The molecule has 2 atom stereocenters. The monoisotopic (exact) mass is 1830 g/mol. The maximum Gasteiger partial charge on any atom is 0.336 e. The van der Waals surface area contributed by atoms with Crippen LogP contribution in [0.3, 0.4) is 0 Å². The molecule has 4 aliphatic rings. The summed E-state index contributed by atoms with van der Waals surface area (Å²) in [5.74, 6) is -10.4. The van der Waals surface area contributed by atoms with Gasteiger partial charge < -0.3 is 101 Å². The van der Waals surface area contributed by atoms with E-state index in [2.05, 4.69) is 42.1 Å². The van der Waals surface area contributed by atoms with E-state index in [1.54, 1.807) is 36.4 Å². The molecular weight excluding hydrogens is 1720 g/mol. The van der Waals surface area contributed by atoms with Crippen LogP contribution in [0.25, 0.3) is 33.4 Å². The quantitative estimate of drug-likeness (QED) is 0.0154. The van der Waals surface area contributed by atoms with Crippen LogP contribution in [0, 0.1) is 0 Å². The molecule has 10 N–H and O–H groups in total. The summed E-state index contributed by atoms with van der Waals surface area (Å²) in [7, 11) is 2.93. The lowest BCUT2D eigenvalue weighted by atomic mass is 9.90. The molecule has 0 aromatic heterocycles. The molecule has 1 unspecified atom stereocenters. The molecule has 37 nitrogen and oxygen atoms in total. The number of nitrogens with zero attached hydrogens (tertiary/aromatic N) is 9. The number of phenolic OH excluding ortho intramolecular Hbond substituents is 1. The number of fused-ring (bicyclic) bond motifs is 2. The Morgan fingerprint density at radius 3 is 1.75 bits per heavy atom. The van der Waals surface area contributed by atoms with Crippen molar-refractivity contribution in [2.45, 2.75) is 90.2 Å². The zero-order valence-corrected chi connectivity index (χ0v) is 74.3. The molecular formula is C87H114BrN15O22S. The minimum Gasteiger partial charge on any atom is -0.508 e. The van der Waals surface area contributed by atoms with Gasteiger partial charge in [-0.05, 0) is 130 Å². The zero-order chi connectivity index (χ0) is 91.5. The van der Waals surface area contributed by atoms with Crippen LogP contribution in [-0.2, 0) is 89.5 Å². The van der Waals surface area contributed by atoms with Crippen molar-refractivity contribution in [2.75, 3.05) is 189 Å². The molecule has 126 heavy (non-hydrogen) atoms. The Labute approximate surface area is 743 Å². The van der Waals surface area contributed by atoms with Gasteiger partial charge in [-0.15, -0.1) is 11.8 Å². The number of methoxy groups -OCH3 is 2. The summed E-state index contributed by atoms with van der Waals surface area (Å²) in [5, 5.41) is 31.2. The van der Waals surface area contributed by atoms with Gasteiger partial charge >= 0.3 is 5.97 Å². The van der Waals surface area contributed by atoms with E-state index in [1.807, 2.05) is 26.0 Å². The number of nitrogens with two attached hydrogens (primary N) is 2. The van der Waals surface area contributed by atoms with Gasteiger partial charge in [0, 0.05) is 165 Å². The molecule has 682 valence electrons. The fourth-order valence-corrected chi connectivity index (χ4v) is 15.4. The van der Waals surface area contributed by atoms with E-state index >= 15 is 19.2 Å². The highest BCUT2D eigenvalue weighted by Gasteiger charge is 2.42. The summed E-state index contributed by atoms with van der Waals surface area (Å²) < 4.78 is 28.8. The third-order valence-corrected chi connectivity index (χ3v) is 22.6. The van der Waals surface area contributed by atoms with E-state index < -0.39 is 146 Å². The van der Waals surface area contributed by atoms with E-state index in [0.717, 1.165) is 50.8 Å². The fraction of sp³-hybridized carbons (Fsp3) is 0.483. The summed E-state index contributed by atoms with van der Waals surface area (Å²) in [5.41, 5.74) is 13.2. The number of aromatic hydroxyl groups is 1. The van der Waals surface area contributed by atoms with Crippen LogP contribution < -0.4 is 47.8 Å². The second-order valence-electron chi connectivity index (χ2n) is 30.5. The average molecular weight is 1830 g/mol. The lowest BCUT2D eigenvalue weighted by molar-refractivity contribution is -0.148. The van der Waals surface area contributed by atoms with Gasteiger partial charge in [0.1, 0.15) is 35.4 Å². The van der Waals surface area contributed by atoms with Gasteiger partial charge in [-0.25, -0.2) is 9.69 Å². The molecule has 8 rings (SSSR count). The van der Waals surface area contributed by atoms with Crippen LogP contribution in [0.5, 0.6) is 11.5 Å². The third kappa shape index (κ3) is 31.3. The van der Waals surface area contributed by atoms with Crippen molar-refractivity contribution in [2.24, 2.45) is 11.5 Å². The number of phenols is 1. The number of morpholine rings is 1. The first-order chi connectivity index (χ1) is 60.3. The molecule has 3 aliphatic heterocycles. The number of imide groups is 1. The van der Waals surface area contributed by atoms with Gasteiger partial charge in [0.25, 0.3) is 0 Å². The highest BCUT2D eigenvalue weighted by Crippen LogP contribution is 2.43. The number of carbonyl (C=O) groups is 14. The number of rotatable bonds is 52. The number of hydrogen-bond donors (Lipinski definition) is 8. The van der Waals surface area contributed by atoms with Crippen molar-refractivity contribution in [3.8, 4) is 33.9 Å². The molecule has 2 saturated heterocycles. The highest BCUT2D eigenvalue weighted by molar-refractivity contribution is 9.10. The van der Waals surface area contributed by atoms with Crippen LogP contribution in [0.2, 0.25) is 0 Å². The molecule has 0 radical (unpaired) electrons. The number of carboxylic acid groups (broad SMARTS) is 1. The molecule has 2 fully saturated rings. The van der Waals surface area contributed by atoms with Crippen molar-refractivity contribution in [3.63, 3.8) is 0 Å². The maximum atomic E-state index is 15.2. The zero-order valence-electron chi connectivity index (χ0n) is 71.9. The number of hydrogen-bond acceptors (Lipinski definition) is 25. The number of benzene rings is 5. The van der Waals surface area contributed by atoms with Gasteiger partial charge in [-0.3, -0.25) is 72.0 Å². The SMILES string of the molecule is COCCCN(CC(=O)N(CCc1ccc(Br)cc1)CC(=O)N(CCCCN)CC(=O)N[C@@H](CSC1CC(=O)N(c2ccc(-c3c4ccc(=O)cc-4oc4cc(O)ccc34)c(C(=O)O)c2)C1=O)C(N)=O)C(=O)CN(CCCOC(C)C)C(=O)CN(CCNC(C)=O)C(=O)CN(Cc1ccc(OC)cc1)C(=O)CN(CCNC(C)=O)C(=O)CNCCN1CCOCC1. The Balaban J connectivity index is 0.992. The van der Waals surface area contributed by atoms with E-state index in [9.17, 15) is 63.0 Å². The molecule has 3 heterocycles. The van der Waals surface area contributed by atoms with Crippen LogP contribution in [0.15, 0.2) is 117 Å². The Morgan fingerprint density at radius 1 is 0.619 bits per heavy atom. The summed E-state index contributed by atoms with van der Waals surface area (Å²) in [6.07, 6.45) is 0.592. The van der Waals surface area contributed by atoms with Crippen molar-refractivity contribution in [1.82, 2.24) is 60.5 Å². The number of thioether (sulfide) groups is 1. The first-order valence-electron chi connectivity index (χ1n) is 41.6. The fourth-order valence-electron chi connectivity index (χ4n) is 14.0. The topological polar surface area (TPSA) is 476 Å². The number of carboxylic acids is 1. The molecule has 0 saturated carbocycles. The Kier molecular flexibility index (Phi) is 40.2. The predicted octanol–water partition coefficient (Wildman–Crippen LogP) is 2.10. The summed E-state index contributed by atoms with van der Waals surface area (Å²) >= 11 is 4.28. The van der Waals surface area contributed by atoms with E-state index in [0.29, 0.717) is 60.6 Å². The second-order valence-corrected chi connectivity index (χ2v) is 32.7. The lowest BCUT2D eigenvalue weighted by Gasteiger charge is -2.33. The van der Waals surface area contributed by atoms with Crippen LogP contribution in [-0.4, -0.2) is 333 Å². The number of unbranched alkanes of at least 4 members (excludes halogenated alkanes) is 1. The van der Waals surface area contributed by atoms with Gasteiger partial charge in [-0.1, -0.05) is 46.3 Å². The molecule has 1 aliphatic carbocycles. The largest absolute Gasteiger partial charge is 0.508 e. The number of ether oxygens (including phenoxy) is 4. The maximum absolute atomic E-state index is 15.2. The van der Waals surface area contributed by atoms with Crippen LogP contribution in [0.1, 0.15) is 81.3 Å². The number of amides is 13. The summed E-state index contributed by atoms with van der Waals surface area (Å²) in [6, 6.07) is 24.5. The Bertz CT molecular complexity index is 4810. The Hall–Kier alpha value is -11.5. The number of aromatic carboxylic acids is 1. The number of anilines is 1.